The van der Waals surface area contributed by atoms with Crippen LogP contribution in [0.4, 0.5) is 5.82 Å². The Balaban J connectivity index is 1.52. The van der Waals surface area contributed by atoms with Crippen LogP contribution in [0.3, 0.4) is 0 Å². The Hall–Kier alpha value is -2.32. The fourth-order valence-corrected chi connectivity index (χ4v) is 4.16. The molecule has 146 valence electrons. The summed E-state index contributed by atoms with van der Waals surface area (Å²) in [6.07, 6.45) is 4.52. The number of imidazole rings is 1. The van der Waals surface area contributed by atoms with Crippen molar-refractivity contribution in [2.24, 2.45) is 5.92 Å². The summed E-state index contributed by atoms with van der Waals surface area (Å²) in [5.41, 5.74) is 1.82. The van der Waals surface area contributed by atoms with Gasteiger partial charge in [0.05, 0.1) is 26.7 Å². The van der Waals surface area contributed by atoms with Crippen LogP contribution in [0.1, 0.15) is 12.8 Å². The Morgan fingerprint density at radius 3 is 2.64 bits per heavy atom. The van der Waals surface area contributed by atoms with Gasteiger partial charge in [-0.3, -0.25) is 0 Å². The number of methoxy groups -OCH3 is 1. The van der Waals surface area contributed by atoms with Gasteiger partial charge in [0.1, 0.15) is 5.75 Å². The van der Waals surface area contributed by atoms with Crippen molar-refractivity contribution in [3.63, 3.8) is 0 Å². The zero-order valence-corrected chi connectivity index (χ0v) is 16.7. The summed E-state index contributed by atoms with van der Waals surface area (Å²) in [5, 5.41) is 0.747. The monoisotopic (exact) mass is 397 g/mol. The molecule has 28 heavy (non-hydrogen) atoms. The topological polar surface area (TPSA) is 65.3 Å². The molecule has 0 radical (unpaired) electrons. The molecule has 0 spiro atoms. The average molecular weight is 398 g/mol. The highest BCUT2D eigenvalue weighted by molar-refractivity contribution is 7.99. The molecule has 5 rings (SSSR count). The molecule has 1 saturated carbocycles. The minimum atomic E-state index is 0.717. The number of fused-ring (bicyclic) bond motifs is 1. The van der Waals surface area contributed by atoms with Crippen molar-refractivity contribution in [2.45, 2.75) is 29.4 Å². The maximum absolute atomic E-state index is 5.52. The molecule has 1 aliphatic carbocycles. The quantitative estimate of drug-likeness (QED) is 0.592. The number of rotatable bonds is 6. The summed E-state index contributed by atoms with van der Waals surface area (Å²) < 4.78 is 13.0. The van der Waals surface area contributed by atoms with Gasteiger partial charge in [-0.05, 0) is 54.8 Å². The molecule has 7 nitrogen and oxygen atoms in total. The molecule has 2 aromatic heterocycles. The summed E-state index contributed by atoms with van der Waals surface area (Å²) in [6.45, 7) is 4.08. The van der Waals surface area contributed by atoms with Crippen LogP contribution in [0.5, 0.6) is 5.75 Å². The third-order valence-electron chi connectivity index (χ3n) is 5.16. The SMILES string of the molecule is COc1ccc(Sc2nc(N3CCOCC3)c3ncn(CC4CC4)c3n2)cc1. The van der Waals surface area contributed by atoms with E-state index >= 15 is 0 Å². The van der Waals surface area contributed by atoms with Crippen molar-refractivity contribution in [1.29, 1.82) is 0 Å². The van der Waals surface area contributed by atoms with Gasteiger partial charge in [0, 0.05) is 24.5 Å². The summed E-state index contributed by atoms with van der Waals surface area (Å²) in [7, 11) is 1.68. The fourth-order valence-electron chi connectivity index (χ4n) is 3.41. The summed E-state index contributed by atoms with van der Waals surface area (Å²) in [4.78, 5) is 17.8. The minimum absolute atomic E-state index is 0.717. The van der Waals surface area contributed by atoms with Crippen molar-refractivity contribution >= 4 is 28.7 Å². The predicted octanol–water partition coefficient (Wildman–Crippen LogP) is 3.23. The highest BCUT2D eigenvalue weighted by Gasteiger charge is 2.25. The number of morpholine rings is 1. The van der Waals surface area contributed by atoms with E-state index in [4.69, 9.17) is 19.4 Å². The van der Waals surface area contributed by atoms with Gasteiger partial charge in [-0.25, -0.2) is 15.0 Å². The van der Waals surface area contributed by atoms with Crippen LogP contribution < -0.4 is 9.64 Å². The molecule has 1 aromatic carbocycles. The number of hydrogen-bond acceptors (Lipinski definition) is 7. The standard InChI is InChI=1S/C20H23N5O2S/c1-26-15-4-6-16(7-5-15)28-20-22-18(24-8-10-27-11-9-24)17-19(23-20)25(13-21-17)12-14-2-3-14/h4-7,13-14H,2-3,8-12H2,1H3. The van der Waals surface area contributed by atoms with Crippen LogP contribution in [0.2, 0.25) is 0 Å². The van der Waals surface area contributed by atoms with Crippen molar-refractivity contribution < 1.29 is 9.47 Å². The predicted molar refractivity (Wildman–Crippen MR) is 108 cm³/mol. The zero-order chi connectivity index (χ0) is 18.9. The number of benzene rings is 1. The molecule has 3 aromatic rings. The Bertz CT molecular complexity index is 965. The summed E-state index contributed by atoms with van der Waals surface area (Å²) in [6, 6.07) is 7.99. The first-order valence-corrected chi connectivity index (χ1v) is 10.5. The van der Waals surface area contributed by atoms with Crippen LogP contribution in [0, 0.1) is 5.92 Å². The molecular formula is C20H23N5O2S. The second-order valence-corrected chi connectivity index (χ2v) is 8.26. The Morgan fingerprint density at radius 1 is 1.14 bits per heavy atom. The lowest BCUT2D eigenvalue weighted by atomic mass is 10.3. The maximum Gasteiger partial charge on any atom is 0.196 e. The molecule has 0 unspecified atom stereocenters. The lowest BCUT2D eigenvalue weighted by molar-refractivity contribution is 0.122. The van der Waals surface area contributed by atoms with Crippen molar-refractivity contribution in [3.05, 3.63) is 30.6 Å². The van der Waals surface area contributed by atoms with E-state index in [1.807, 2.05) is 30.6 Å². The van der Waals surface area contributed by atoms with E-state index in [1.54, 1.807) is 18.9 Å². The Morgan fingerprint density at radius 2 is 1.93 bits per heavy atom. The number of hydrogen-bond donors (Lipinski definition) is 0. The van der Waals surface area contributed by atoms with E-state index in [9.17, 15) is 0 Å². The van der Waals surface area contributed by atoms with Crippen LogP contribution in [0.25, 0.3) is 11.2 Å². The van der Waals surface area contributed by atoms with Gasteiger partial charge >= 0.3 is 0 Å². The number of aromatic nitrogens is 4. The first-order chi connectivity index (χ1) is 13.8. The fraction of sp³-hybridized carbons (Fsp3) is 0.450. The number of anilines is 1. The Kier molecular flexibility index (Phi) is 4.82. The number of ether oxygens (including phenoxy) is 2. The largest absolute Gasteiger partial charge is 0.497 e. The molecule has 0 bridgehead atoms. The average Bonchev–Trinajstić information content (AvgIpc) is 3.48. The molecule has 2 aliphatic rings. The van der Waals surface area contributed by atoms with E-state index in [0.29, 0.717) is 0 Å². The molecular weight excluding hydrogens is 374 g/mol. The normalized spacial score (nSPS) is 17.2. The van der Waals surface area contributed by atoms with Crippen LogP contribution >= 0.6 is 11.8 Å². The van der Waals surface area contributed by atoms with Crippen LogP contribution in [0.15, 0.2) is 40.6 Å². The van der Waals surface area contributed by atoms with Crippen molar-refractivity contribution in [1.82, 2.24) is 19.5 Å². The van der Waals surface area contributed by atoms with Gasteiger partial charge in [-0.15, -0.1) is 0 Å². The minimum Gasteiger partial charge on any atom is -0.497 e. The highest BCUT2D eigenvalue weighted by Crippen LogP contribution is 2.34. The third kappa shape index (κ3) is 3.66. The first kappa shape index (κ1) is 17.8. The van der Waals surface area contributed by atoms with Crippen LogP contribution in [-0.2, 0) is 11.3 Å². The van der Waals surface area contributed by atoms with Crippen LogP contribution in [-0.4, -0.2) is 52.9 Å². The molecule has 0 atom stereocenters. The zero-order valence-electron chi connectivity index (χ0n) is 15.9. The van der Waals surface area contributed by atoms with Gasteiger partial charge in [0.15, 0.2) is 22.1 Å². The summed E-state index contributed by atoms with van der Waals surface area (Å²) >= 11 is 1.57. The smallest absolute Gasteiger partial charge is 0.196 e. The molecule has 2 fully saturated rings. The van der Waals surface area contributed by atoms with Gasteiger partial charge in [0.25, 0.3) is 0 Å². The second kappa shape index (κ2) is 7.60. The van der Waals surface area contributed by atoms with Crippen molar-refractivity contribution in [3.8, 4) is 5.75 Å². The molecule has 8 heteroatoms. The highest BCUT2D eigenvalue weighted by atomic mass is 32.2. The lowest BCUT2D eigenvalue weighted by Crippen LogP contribution is -2.37. The van der Waals surface area contributed by atoms with Gasteiger partial charge < -0.3 is 18.9 Å². The molecule has 0 N–H and O–H groups in total. The van der Waals surface area contributed by atoms with E-state index in [-0.39, 0.29) is 0 Å². The first-order valence-electron chi connectivity index (χ1n) is 9.67. The number of nitrogens with zero attached hydrogens (tertiary/aromatic N) is 5. The molecule has 1 aliphatic heterocycles. The van der Waals surface area contributed by atoms with Gasteiger partial charge in [-0.1, -0.05) is 0 Å². The van der Waals surface area contributed by atoms with E-state index in [1.165, 1.54) is 12.8 Å². The Labute approximate surface area is 168 Å². The van der Waals surface area contributed by atoms with Crippen molar-refractivity contribution in [2.75, 3.05) is 38.3 Å². The van der Waals surface area contributed by atoms with E-state index in [2.05, 4.69) is 14.5 Å². The van der Waals surface area contributed by atoms with Gasteiger partial charge in [-0.2, -0.15) is 0 Å². The second-order valence-electron chi connectivity index (χ2n) is 7.22. The van der Waals surface area contributed by atoms with E-state index in [0.717, 1.165) is 71.5 Å². The van der Waals surface area contributed by atoms with Gasteiger partial charge in [0.2, 0.25) is 0 Å². The lowest BCUT2D eigenvalue weighted by Gasteiger charge is -2.28. The molecule has 0 amide bonds. The maximum atomic E-state index is 5.52. The summed E-state index contributed by atoms with van der Waals surface area (Å²) in [5.74, 6) is 2.52. The van der Waals surface area contributed by atoms with E-state index < -0.39 is 0 Å². The molecule has 3 heterocycles. The molecule has 1 saturated heterocycles. The third-order valence-corrected chi connectivity index (χ3v) is 6.03.